The molecule has 1 fully saturated rings. The Labute approximate surface area is 143 Å². The maximum absolute atomic E-state index is 12.1. The molecule has 0 heterocycles. The van der Waals surface area contributed by atoms with E-state index in [0.717, 1.165) is 19.3 Å². The molecule has 0 radical (unpaired) electrons. The van der Waals surface area contributed by atoms with Crippen LogP contribution in [0.1, 0.15) is 55.8 Å². The first-order valence-electron chi connectivity index (χ1n) is 8.07. The van der Waals surface area contributed by atoms with Crippen LogP contribution in [0.5, 0.6) is 0 Å². The van der Waals surface area contributed by atoms with E-state index in [1.165, 1.54) is 12.8 Å². The Bertz CT molecular complexity index is 513. The summed E-state index contributed by atoms with van der Waals surface area (Å²) in [5.74, 6) is -0.238. The predicted molar refractivity (Wildman–Crippen MR) is 94.9 cm³/mol. The van der Waals surface area contributed by atoms with Gasteiger partial charge >= 0.3 is 0 Å². The van der Waals surface area contributed by atoms with Crippen LogP contribution in [0, 0.1) is 0 Å². The Morgan fingerprint density at radius 1 is 1.22 bits per heavy atom. The fourth-order valence-corrected chi connectivity index (χ4v) is 2.72. The Balaban J connectivity index is 0.00000264. The van der Waals surface area contributed by atoms with E-state index >= 15 is 0 Å². The van der Waals surface area contributed by atoms with Gasteiger partial charge in [0.05, 0.1) is 6.04 Å². The van der Waals surface area contributed by atoms with Gasteiger partial charge in [0, 0.05) is 17.3 Å². The Kier molecular flexibility index (Phi) is 8.06. The number of nitrogens with two attached hydrogens (primary N) is 1. The molecule has 0 aromatic heterocycles. The molecule has 5 nitrogen and oxygen atoms in total. The summed E-state index contributed by atoms with van der Waals surface area (Å²) in [6, 6.07) is 6.74. The third kappa shape index (κ3) is 5.84. The van der Waals surface area contributed by atoms with Crippen LogP contribution in [0.4, 0.5) is 5.69 Å². The van der Waals surface area contributed by atoms with Gasteiger partial charge in [-0.15, -0.1) is 12.4 Å². The van der Waals surface area contributed by atoms with Crippen LogP contribution < -0.4 is 16.4 Å². The summed E-state index contributed by atoms with van der Waals surface area (Å²) in [6.45, 7) is 1.99. The molecule has 1 aromatic rings. The summed E-state index contributed by atoms with van der Waals surface area (Å²) in [7, 11) is 0. The van der Waals surface area contributed by atoms with Gasteiger partial charge in [-0.05, 0) is 43.5 Å². The van der Waals surface area contributed by atoms with Gasteiger partial charge in [-0.1, -0.05) is 26.2 Å². The SMILES string of the molecule is CCCC(N)C(=O)Nc1ccc(C(=O)NC2CCCC2)cc1.Cl. The molecule has 0 spiro atoms. The first kappa shape index (κ1) is 19.5. The largest absolute Gasteiger partial charge is 0.349 e. The molecule has 0 aliphatic heterocycles. The molecule has 23 heavy (non-hydrogen) atoms. The van der Waals surface area contributed by atoms with Gasteiger partial charge in [0.2, 0.25) is 5.91 Å². The van der Waals surface area contributed by atoms with E-state index in [1.807, 2.05) is 6.92 Å². The average Bonchev–Trinajstić information content (AvgIpc) is 3.01. The molecule has 1 unspecified atom stereocenters. The van der Waals surface area contributed by atoms with Crippen molar-refractivity contribution < 1.29 is 9.59 Å². The van der Waals surface area contributed by atoms with Crippen molar-refractivity contribution in [2.24, 2.45) is 5.73 Å². The van der Waals surface area contributed by atoms with E-state index in [1.54, 1.807) is 24.3 Å². The van der Waals surface area contributed by atoms with Crippen LogP contribution in [-0.2, 0) is 4.79 Å². The van der Waals surface area contributed by atoms with E-state index in [4.69, 9.17) is 5.73 Å². The van der Waals surface area contributed by atoms with Crippen LogP contribution in [0.25, 0.3) is 0 Å². The van der Waals surface area contributed by atoms with Crippen LogP contribution in [0.3, 0.4) is 0 Å². The highest BCUT2D eigenvalue weighted by atomic mass is 35.5. The summed E-state index contributed by atoms with van der Waals surface area (Å²) in [6.07, 6.45) is 6.04. The van der Waals surface area contributed by atoms with Gasteiger partial charge in [-0.25, -0.2) is 0 Å². The van der Waals surface area contributed by atoms with Crippen LogP contribution in [-0.4, -0.2) is 23.9 Å². The maximum atomic E-state index is 12.1. The Morgan fingerprint density at radius 2 is 1.83 bits per heavy atom. The minimum Gasteiger partial charge on any atom is -0.349 e. The number of hydrogen-bond donors (Lipinski definition) is 3. The zero-order chi connectivity index (χ0) is 15.9. The molecule has 1 saturated carbocycles. The van der Waals surface area contributed by atoms with Gasteiger partial charge in [0.15, 0.2) is 0 Å². The third-order valence-electron chi connectivity index (χ3n) is 4.04. The lowest BCUT2D eigenvalue weighted by Gasteiger charge is -2.13. The number of rotatable bonds is 6. The van der Waals surface area contributed by atoms with Gasteiger partial charge in [0.25, 0.3) is 5.91 Å². The highest BCUT2D eigenvalue weighted by Gasteiger charge is 2.18. The van der Waals surface area contributed by atoms with Crippen molar-refractivity contribution >= 4 is 29.9 Å². The molecule has 1 aliphatic carbocycles. The Hall–Kier alpha value is -1.59. The molecule has 0 saturated heterocycles. The minimum absolute atomic E-state index is 0. The molecule has 4 N–H and O–H groups in total. The molecule has 2 rings (SSSR count). The summed E-state index contributed by atoms with van der Waals surface area (Å²) in [5.41, 5.74) is 7.04. The summed E-state index contributed by atoms with van der Waals surface area (Å²) < 4.78 is 0. The molecule has 1 aromatic carbocycles. The predicted octanol–water partition coefficient (Wildman–Crippen LogP) is 2.85. The van der Waals surface area contributed by atoms with Gasteiger partial charge in [-0.2, -0.15) is 0 Å². The normalized spacial score (nSPS) is 15.6. The zero-order valence-electron chi connectivity index (χ0n) is 13.5. The zero-order valence-corrected chi connectivity index (χ0v) is 14.3. The highest BCUT2D eigenvalue weighted by molar-refractivity contribution is 5.97. The smallest absolute Gasteiger partial charge is 0.251 e. The standard InChI is InChI=1S/C17H25N3O2.ClH/c1-2-5-15(18)17(22)20-14-10-8-12(9-11-14)16(21)19-13-6-3-4-7-13;/h8-11,13,15H,2-7,18H2,1H3,(H,19,21)(H,20,22);1H. The second kappa shape index (κ2) is 9.53. The first-order valence-corrected chi connectivity index (χ1v) is 8.07. The minimum atomic E-state index is -0.490. The van der Waals surface area contributed by atoms with Crippen molar-refractivity contribution in [1.82, 2.24) is 5.32 Å². The van der Waals surface area contributed by atoms with Crippen molar-refractivity contribution in [3.8, 4) is 0 Å². The first-order chi connectivity index (χ1) is 10.6. The quantitative estimate of drug-likeness (QED) is 0.745. The summed E-state index contributed by atoms with van der Waals surface area (Å²) in [4.78, 5) is 23.9. The van der Waals surface area contributed by atoms with Crippen molar-refractivity contribution in [2.45, 2.75) is 57.5 Å². The number of anilines is 1. The lowest BCUT2D eigenvalue weighted by Crippen LogP contribution is -2.35. The van der Waals surface area contributed by atoms with Crippen LogP contribution >= 0.6 is 12.4 Å². The van der Waals surface area contributed by atoms with Crippen LogP contribution in [0.2, 0.25) is 0 Å². The second-order valence-corrected chi connectivity index (χ2v) is 5.92. The molecule has 0 bridgehead atoms. The third-order valence-corrected chi connectivity index (χ3v) is 4.04. The molecule has 1 aliphatic rings. The highest BCUT2D eigenvalue weighted by Crippen LogP contribution is 2.18. The topological polar surface area (TPSA) is 84.2 Å². The molecule has 128 valence electrons. The molecule has 2 amide bonds. The van der Waals surface area contributed by atoms with E-state index in [-0.39, 0.29) is 24.2 Å². The number of benzene rings is 1. The molecule has 6 heteroatoms. The lowest BCUT2D eigenvalue weighted by atomic mass is 10.1. The van der Waals surface area contributed by atoms with Gasteiger partial charge in [-0.3, -0.25) is 9.59 Å². The number of nitrogens with one attached hydrogen (secondary N) is 2. The molecule has 1 atom stereocenters. The van der Waals surface area contributed by atoms with Crippen molar-refractivity contribution in [3.05, 3.63) is 29.8 Å². The number of hydrogen-bond acceptors (Lipinski definition) is 3. The summed E-state index contributed by atoms with van der Waals surface area (Å²) in [5, 5.41) is 5.81. The fourth-order valence-electron chi connectivity index (χ4n) is 2.72. The van der Waals surface area contributed by atoms with E-state index in [9.17, 15) is 9.59 Å². The number of carbonyl (C=O) groups excluding carboxylic acids is 2. The van der Waals surface area contributed by atoms with Crippen LogP contribution in [0.15, 0.2) is 24.3 Å². The number of carbonyl (C=O) groups is 2. The van der Waals surface area contributed by atoms with Crippen molar-refractivity contribution in [3.63, 3.8) is 0 Å². The number of amides is 2. The monoisotopic (exact) mass is 339 g/mol. The van der Waals surface area contributed by atoms with E-state index in [2.05, 4.69) is 10.6 Å². The van der Waals surface area contributed by atoms with Gasteiger partial charge < -0.3 is 16.4 Å². The average molecular weight is 340 g/mol. The van der Waals surface area contributed by atoms with E-state index < -0.39 is 6.04 Å². The Morgan fingerprint density at radius 3 is 2.39 bits per heavy atom. The van der Waals surface area contributed by atoms with Crippen molar-refractivity contribution in [1.29, 1.82) is 0 Å². The molecular formula is C17H26ClN3O2. The van der Waals surface area contributed by atoms with Crippen molar-refractivity contribution in [2.75, 3.05) is 5.32 Å². The lowest BCUT2D eigenvalue weighted by molar-refractivity contribution is -0.117. The second-order valence-electron chi connectivity index (χ2n) is 5.92. The summed E-state index contributed by atoms with van der Waals surface area (Å²) >= 11 is 0. The fraction of sp³-hybridized carbons (Fsp3) is 0.529. The molecular weight excluding hydrogens is 314 g/mol. The van der Waals surface area contributed by atoms with E-state index in [0.29, 0.717) is 23.7 Å². The maximum Gasteiger partial charge on any atom is 0.251 e. The van der Waals surface area contributed by atoms with Gasteiger partial charge in [0.1, 0.15) is 0 Å². The number of halogens is 1.